The van der Waals surface area contributed by atoms with Crippen LogP contribution in [0.3, 0.4) is 0 Å². The molecule has 2 nitrogen and oxygen atoms in total. The molecule has 1 aliphatic rings. The molecule has 0 amide bonds. The number of hydrogen-bond donors (Lipinski definition) is 0. The molecule has 0 N–H and O–H groups in total. The van der Waals surface area contributed by atoms with E-state index in [1.807, 2.05) is 18.2 Å². The fraction of sp³-hybridized carbons (Fsp3) is 0.625. The van der Waals surface area contributed by atoms with Crippen LogP contribution in [-0.4, -0.2) is 13.2 Å². The van der Waals surface area contributed by atoms with Crippen LogP contribution in [0.5, 0.6) is 11.5 Å². The average molecular weight is 283 g/mol. The molecule has 0 spiro atoms. The third-order valence-corrected chi connectivity index (χ3v) is 4.31. The van der Waals surface area contributed by atoms with Crippen molar-refractivity contribution in [2.24, 2.45) is 5.92 Å². The Hall–Kier alpha value is -0.890. The summed E-state index contributed by atoms with van der Waals surface area (Å²) in [4.78, 5) is 0. The van der Waals surface area contributed by atoms with Crippen LogP contribution < -0.4 is 9.47 Å². The maximum Gasteiger partial charge on any atom is 0.124 e. The summed E-state index contributed by atoms with van der Waals surface area (Å²) in [5.74, 6) is 3.02. The Morgan fingerprint density at radius 3 is 2.84 bits per heavy atom. The van der Waals surface area contributed by atoms with E-state index in [2.05, 4.69) is 6.92 Å². The Balaban J connectivity index is 2.05. The fourth-order valence-corrected chi connectivity index (χ4v) is 3.01. The van der Waals surface area contributed by atoms with Gasteiger partial charge in [-0.3, -0.25) is 0 Å². The largest absolute Gasteiger partial charge is 0.497 e. The van der Waals surface area contributed by atoms with Gasteiger partial charge < -0.3 is 9.47 Å². The summed E-state index contributed by atoms with van der Waals surface area (Å²) in [6, 6.07) is 5.88. The molecule has 1 fully saturated rings. The number of rotatable bonds is 5. The minimum absolute atomic E-state index is 0.342. The van der Waals surface area contributed by atoms with Crippen molar-refractivity contribution >= 4 is 11.6 Å². The van der Waals surface area contributed by atoms with Gasteiger partial charge in [0.1, 0.15) is 11.5 Å². The van der Waals surface area contributed by atoms with E-state index in [1.165, 1.54) is 25.7 Å². The molecule has 0 aliphatic heterocycles. The normalized spacial score (nSPS) is 23.1. The van der Waals surface area contributed by atoms with Gasteiger partial charge >= 0.3 is 0 Å². The van der Waals surface area contributed by atoms with E-state index in [-0.39, 0.29) is 0 Å². The predicted molar refractivity (Wildman–Crippen MR) is 79.2 cm³/mol. The van der Waals surface area contributed by atoms with Crippen LogP contribution in [0.15, 0.2) is 18.2 Å². The highest BCUT2D eigenvalue weighted by atomic mass is 35.5. The summed E-state index contributed by atoms with van der Waals surface area (Å²) in [5.41, 5.74) is 1.01. The highest BCUT2D eigenvalue weighted by Crippen LogP contribution is 2.32. The fourth-order valence-electron chi connectivity index (χ4n) is 2.80. The van der Waals surface area contributed by atoms with Crippen molar-refractivity contribution in [2.45, 2.75) is 51.0 Å². The minimum Gasteiger partial charge on any atom is -0.497 e. The number of ether oxygens (including phenoxy) is 2. The van der Waals surface area contributed by atoms with Gasteiger partial charge in [-0.25, -0.2) is 0 Å². The predicted octanol–water partition coefficient (Wildman–Crippen LogP) is 4.78. The summed E-state index contributed by atoms with van der Waals surface area (Å²) >= 11 is 6.00. The van der Waals surface area contributed by atoms with Gasteiger partial charge in [-0.15, -0.1) is 11.6 Å². The van der Waals surface area contributed by atoms with Crippen LogP contribution in [-0.2, 0) is 5.88 Å². The second-order valence-electron chi connectivity index (χ2n) is 5.29. The first-order chi connectivity index (χ1) is 9.26. The minimum atomic E-state index is 0.342. The van der Waals surface area contributed by atoms with E-state index in [1.54, 1.807) is 7.11 Å². The van der Waals surface area contributed by atoms with Crippen molar-refractivity contribution in [1.82, 2.24) is 0 Å². The molecular weight excluding hydrogens is 260 g/mol. The summed E-state index contributed by atoms with van der Waals surface area (Å²) in [6.07, 6.45) is 6.55. The zero-order chi connectivity index (χ0) is 13.7. The lowest BCUT2D eigenvalue weighted by Crippen LogP contribution is -2.25. The highest BCUT2D eigenvalue weighted by molar-refractivity contribution is 6.17. The molecular formula is C16H23ClO2. The quantitative estimate of drug-likeness (QED) is 0.724. The van der Waals surface area contributed by atoms with Gasteiger partial charge in [-0.2, -0.15) is 0 Å². The highest BCUT2D eigenvalue weighted by Gasteiger charge is 2.22. The molecule has 1 saturated carbocycles. The van der Waals surface area contributed by atoms with Gasteiger partial charge in [0.15, 0.2) is 0 Å². The van der Waals surface area contributed by atoms with Gasteiger partial charge in [-0.1, -0.05) is 19.8 Å². The molecule has 2 atom stereocenters. The summed E-state index contributed by atoms with van der Waals surface area (Å²) in [6.45, 7) is 2.27. The number of halogens is 1. The zero-order valence-corrected chi connectivity index (χ0v) is 12.6. The first-order valence-electron chi connectivity index (χ1n) is 7.16. The third kappa shape index (κ3) is 3.79. The van der Waals surface area contributed by atoms with Crippen molar-refractivity contribution in [1.29, 1.82) is 0 Å². The first-order valence-corrected chi connectivity index (χ1v) is 7.69. The second-order valence-corrected chi connectivity index (χ2v) is 5.56. The molecule has 1 aliphatic carbocycles. The molecule has 2 rings (SSSR count). The lowest BCUT2D eigenvalue weighted by molar-refractivity contribution is 0.121. The summed E-state index contributed by atoms with van der Waals surface area (Å²) in [5, 5.41) is 0. The standard InChI is InChI=1S/C16H23ClO2/c1-3-12-5-4-6-15(9-12)19-16-8-7-14(18-2)10-13(16)11-17/h7-8,10,12,15H,3-6,9,11H2,1-2H3. The maximum absolute atomic E-state index is 6.17. The Morgan fingerprint density at radius 2 is 2.16 bits per heavy atom. The van der Waals surface area contributed by atoms with Gasteiger partial charge in [0.25, 0.3) is 0 Å². The molecule has 106 valence electrons. The SMILES string of the molecule is CCC1CCCC(Oc2ccc(OC)cc2CCl)C1. The van der Waals surface area contributed by atoms with Gasteiger partial charge in [0.2, 0.25) is 0 Å². The van der Waals surface area contributed by atoms with E-state index in [0.29, 0.717) is 12.0 Å². The lowest BCUT2D eigenvalue weighted by Gasteiger charge is -2.29. The first kappa shape index (κ1) is 14.5. The van der Waals surface area contributed by atoms with Crippen LogP contribution >= 0.6 is 11.6 Å². The smallest absolute Gasteiger partial charge is 0.124 e. The molecule has 1 aromatic carbocycles. The molecule has 0 heterocycles. The van der Waals surface area contributed by atoms with Gasteiger partial charge in [-0.05, 0) is 43.4 Å². The van der Waals surface area contributed by atoms with E-state index in [9.17, 15) is 0 Å². The number of alkyl halides is 1. The van der Waals surface area contributed by atoms with Crippen LogP contribution in [0.2, 0.25) is 0 Å². The number of methoxy groups -OCH3 is 1. The van der Waals surface area contributed by atoms with Gasteiger partial charge in [0, 0.05) is 5.56 Å². The van der Waals surface area contributed by atoms with Crippen molar-refractivity contribution < 1.29 is 9.47 Å². The maximum atomic E-state index is 6.17. The van der Waals surface area contributed by atoms with Crippen LogP contribution in [0.1, 0.15) is 44.6 Å². The Morgan fingerprint density at radius 1 is 1.32 bits per heavy atom. The average Bonchev–Trinajstić information content (AvgIpc) is 2.48. The number of benzene rings is 1. The zero-order valence-electron chi connectivity index (χ0n) is 11.8. The van der Waals surface area contributed by atoms with Crippen LogP contribution in [0.25, 0.3) is 0 Å². The van der Waals surface area contributed by atoms with E-state index in [0.717, 1.165) is 29.4 Å². The van der Waals surface area contributed by atoms with E-state index >= 15 is 0 Å². The van der Waals surface area contributed by atoms with E-state index in [4.69, 9.17) is 21.1 Å². The third-order valence-electron chi connectivity index (χ3n) is 4.02. The molecule has 19 heavy (non-hydrogen) atoms. The van der Waals surface area contributed by atoms with Crippen molar-refractivity contribution in [3.63, 3.8) is 0 Å². The summed E-state index contributed by atoms with van der Waals surface area (Å²) < 4.78 is 11.4. The van der Waals surface area contributed by atoms with E-state index < -0.39 is 0 Å². The number of hydrogen-bond acceptors (Lipinski definition) is 2. The summed E-state index contributed by atoms with van der Waals surface area (Å²) in [7, 11) is 1.67. The molecule has 0 saturated heterocycles. The molecule has 2 unspecified atom stereocenters. The van der Waals surface area contributed by atoms with Crippen LogP contribution in [0.4, 0.5) is 0 Å². The molecule has 0 aromatic heterocycles. The Labute approximate surface area is 121 Å². The Bertz CT molecular complexity index is 406. The molecule has 3 heteroatoms. The van der Waals surface area contributed by atoms with Crippen molar-refractivity contribution in [3.8, 4) is 11.5 Å². The molecule has 0 bridgehead atoms. The second kappa shape index (κ2) is 7.04. The topological polar surface area (TPSA) is 18.5 Å². The molecule has 0 radical (unpaired) electrons. The molecule has 1 aromatic rings. The van der Waals surface area contributed by atoms with Crippen LogP contribution in [0, 0.1) is 5.92 Å². The monoisotopic (exact) mass is 282 g/mol. The van der Waals surface area contributed by atoms with Gasteiger partial charge in [0.05, 0.1) is 19.1 Å². The van der Waals surface area contributed by atoms with Crippen molar-refractivity contribution in [2.75, 3.05) is 7.11 Å². The Kier molecular flexibility index (Phi) is 5.38. The van der Waals surface area contributed by atoms with Crippen molar-refractivity contribution in [3.05, 3.63) is 23.8 Å². The lowest BCUT2D eigenvalue weighted by atomic mass is 9.85.